The quantitative estimate of drug-likeness (QED) is 0.245. The second kappa shape index (κ2) is 10.9. The SMILES string of the molecule is COc1cc2c(cc1O)CCN(C)[C@@H]2Cc1ccc(Oc2c(O)ccc3c2-c2c(O)c(OC)cc4c2[C@@H](C3)N(C)CC4)cc1. The van der Waals surface area contributed by atoms with E-state index in [0.29, 0.717) is 34.1 Å². The van der Waals surface area contributed by atoms with Crippen molar-refractivity contribution in [3.8, 4) is 51.4 Å². The Balaban J connectivity index is 1.22. The van der Waals surface area contributed by atoms with Gasteiger partial charge in [-0.15, -0.1) is 0 Å². The van der Waals surface area contributed by atoms with Gasteiger partial charge in [-0.25, -0.2) is 0 Å². The molecule has 44 heavy (non-hydrogen) atoms. The molecule has 2 aliphatic heterocycles. The predicted molar refractivity (Wildman–Crippen MR) is 168 cm³/mol. The molecular weight excluding hydrogens is 556 g/mol. The molecule has 4 aromatic rings. The molecule has 2 heterocycles. The number of phenolic OH excluding ortho intramolecular Hbond substituents is 3. The molecule has 0 saturated carbocycles. The average Bonchev–Trinajstić information content (AvgIpc) is 3.03. The van der Waals surface area contributed by atoms with E-state index in [0.717, 1.165) is 66.6 Å². The van der Waals surface area contributed by atoms with E-state index in [4.69, 9.17) is 14.2 Å². The van der Waals surface area contributed by atoms with E-state index < -0.39 is 0 Å². The first-order valence-corrected chi connectivity index (χ1v) is 15.1. The monoisotopic (exact) mass is 594 g/mol. The standard InChI is InChI=1S/C36H38N2O6/c1-37-13-11-21-17-29(40)30(42-3)19-25(21)26(37)15-20-5-8-24(9-6-20)44-36-28(39)10-7-22-16-27-32-23(12-14-38(27)2)18-31(43-4)35(41)34(32)33(22)36/h5-10,17-19,26-27,39-41H,11-16H2,1-4H3/t26-,27-/m1/s1. The maximum Gasteiger partial charge on any atom is 0.177 e. The Morgan fingerprint density at radius 3 is 2.23 bits per heavy atom. The summed E-state index contributed by atoms with van der Waals surface area (Å²) in [5.41, 5.74) is 8.09. The van der Waals surface area contributed by atoms with Gasteiger partial charge >= 0.3 is 0 Å². The van der Waals surface area contributed by atoms with Crippen LogP contribution in [0.5, 0.6) is 40.2 Å². The summed E-state index contributed by atoms with van der Waals surface area (Å²) in [5, 5.41) is 32.8. The van der Waals surface area contributed by atoms with Gasteiger partial charge in [0.1, 0.15) is 5.75 Å². The van der Waals surface area contributed by atoms with Crippen LogP contribution >= 0.6 is 0 Å². The minimum absolute atomic E-state index is 0.0176. The Bertz CT molecular complexity index is 1750. The van der Waals surface area contributed by atoms with Crippen molar-refractivity contribution >= 4 is 0 Å². The summed E-state index contributed by atoms with van der Waals surface area (Å²) in [7, 11) is 7.38. The second-order valence-corrected chi connectivity index (χ2v) is 12.2. The number of ether oxygens (including phenoxy) is 3. The minimum atomic E-state index is 0.0176. The van der Waals surface area contributed by atoms with Gasteiger partial charge in [0.2, 0.25) is 0 Å². The van der Waals surface area contributed by atoms with Crippen LogP contribution in [0.15, 0.2) is 54.6 Å². The predicted octanol–water partition coefficient (Wildman–Crippen LogP) is 6.14. The normalized spacial score (nSPS) is 19.1. The Morgan fingerprint density at radius 2 is 1.48 bits per heavy atom. The van der Waals surface area contributed by atoms with Crippen LogP contribution in [0.4, 0.5) is 0 Å². The number of aromatic hydroxyl groups is 3. The highest BCUT2D eigenvalue weighted by atomic mass is 16.5. The fourth-order valence-electron chi connectivity index (χ4n) is 7.32. The molecule has 0 fully saturated rings. The summed E-state index contributed by atoms with van der Waals surface area (Å²) < 4.78 is 17.4. The topological polar surface area (TPSA) is 94.9 Å². The fourth-order valence-corrected chi connectivity index (χ4v) is 7.32. The van der Waals surface area contributed by atoms with Crippen LogP contribution in [0, 0.1) is 0 Å². The first kappa shape index (κ1) is 28.4. The third-order valence-electron chi connectivity index (χ3n) is 9.73. The second-order valence-electron chi connectivity index (χ2n) is 12.2. The van der Waals surface area contributed by atoms with E-state index in [1.54, 1.807) is 20.3 Å². The zero-order chi connectivity index (χ0) is 30.7. The molecule has 0 saturated heterocycles. The van der Waals surface area contributed by atoms with E-state index in [9.17, 15) is 15.3 Å². The smallest absolute Gasteiger partial charge is 0.177 e. The molecule has 2 atom stereocenters. The summed E-state index contributed by atoms with van der Waals surface area (Å²) >= 11 is 0. The highest BCUT2D eigenvalue weighted by Gasteiger charge is 2.38. The van der Waals surface area contributed by atoms with Gasteiger partial charge in [-0.3, -0.25) is 9.80 Å². The molecule has 0 spiro atoms. The lowest BCUT2D eigenvalue weighted by Gasteiger charge is -2.40. The molecule has 0 unspecified atom stereocenters. The summed E-state index contributed by atoms with van der Waals surface area (Å²) in [6.45, 7) is 1.83. The first-order valence-electron chi connectivity index (χ1n) is 15.1. The Labute approximate surface area is 257 Å². The molecule has 0 aromatic heterocycles. The van der Waals surface area contributed by atoms with Crippen molar-refractivity contribution in [3.05, 3.63) is 88.0 Å². The zero-order valence-corrected chi connectivity index (χ0v) is 25.6. The van der Waals surface area contributed by atoms with E-state index in [-0.39, 0.29) is 29.3 Å². The Kier molecular flexibility index (Phi) is 7.06. The van der Waals surface area contributed by atoms with Gasteiger partial charge in [-0.1, -0.05) is 18.2 Å². The summed E-state index contributed by atoms with van der Waals surface area (Å²) in [6, 6.07) is 17.6. The number of likely N-dealkylation sites (N-methyl/N-ethyl adjacent to an activating group) is 2. The van der Waals surface area contributed by atoms with Gasteiger partial charge in [0, 0.05) is 36.3 Å². The molecule has 8 nitrogen and oxygen atoms in total. The molecule has 3 N–H and O–H groups in total. The highest BCUT2D eigenvalue weighted by Crippen LogP contribution is 2.56. The number of benzene rings is 4. The van der Waals surface area contributed by atoms with Crippen LogP contribution in [-0.4, -0.2) is 66.5 Å². The summed E-state index contributed by atoms with van der Waals surface area (Å²) in [6.07, 6.45) is 3.27. The number of hydrogen-bond acceptors (Lipinski definition) is 8. The van der Waals surface area contributed by atoms with Gasteiger partial charge < -0.3 is 29.5 Å². The number of nitrogens with zero attached hydrogens (tertiary/aromatic N) is 2. The van der Waals surface area contributed by atoms with Crippen molar-refractivity contribution in [2.75, 3.05) is 41.4 Å². The molecule has 228 valence electrons. The molecule has 7 rings (SSSR count). The summed E-state index contributed by atoms with van der Waals surface area (Å²) in [5.74, 6) is 2.10. The number of rotatable bonds is 6. The Hall–Kier alpha value is -4.40. The van der Waals surface area contributed by atoms with Crippen LogP contribution in [0.3, 0.4) is 0 Å². The van der Waals surface area contributed by atoms with E-state index in [1.807, 2.05) is 36.4 Å². The van der Waals surface area contributed by atoms with Crippen LogP contribution in [-0.2, 0) is 25.7 Å². The molecule has 3 aliphatic rings. The summed E-state index contributed by atoms with van der Waals surface area (Å²) in [4.78, 5) is 4.66. The van der Waals surface area contributed by atoms with Crippen LogP contribution in [0.1, 0.15) is 45.5 Å². The molecule has 4 aromatic carbocycles. The fraction of sp³-hybridized carbons (Fsp3) is 0.333. The third-order valence-corrected chi connectivity index (χ3v) is 9.73. The maximum atomic E-state index is 11.4. The van der Waals surface area contributed by atoms with Gasteiger partial charge in [0.25, 0.3) is 0 Å². The highest BCUT2D eigenvalue weighted by molar-refractivity contribution is 5.88. The van der Waals surface area contributed by atoms with E-state index in [2.05, 4.69) is 36.0 Å². The molecular formula is C36H38N2O6. The van der Waals surface area contributed by atoms with Crippen molar-refractivity contribution < 1.29 is 29.5 Å². The lowest BCUT2D eigenvalue weighted by Crippen LogP contribution is -2.35. The lowest BCUT2D eigenvalue weighted by atomic mass is 9.76. The zero-order valence-electron chi connectivity index (χ0n) is 25.6. The minimum Gasteiger partial charge on any atom is -0.504 e. The van der Waals surface area contributed by atoms with Gasteiger partial charge in [0.05, 0.1) is 14.2 Å². The van der Waals surface area contributed by atoms with E-state index in [1.165, 1.54) is 5.56 Å². The van der Waals surface area contributed by atoms with Crippen LogP contribution in [0.25, 0.3) is 11.1 Å². The van der Waals surface area contributed by atoms with Crippen LogP contribution in [0.2, 0.25) is 0 Å². The van der Waals surface area contributed by atoms with E-state index >= 15 is 0 Å². The average molecular weight is 595 g/mol. The van der Waals surface area contributed by atoms with Crippen molar-refractivity contribution in [1.29, 1.82) is 0 Å². The molecule has 0 amide bonds. The molecule has 1 aliphatic carbocycles. The number of methoxy groups -OCH3 is 2. The lowest BCUT2D eigenvalue weighted by molar-refractivity contribution is 0.226. The number of phenols is 3. The van der Waals surface area contributed by atoms with Gasteiger partial charge in [0.15, 0.2) is 34.5 Å². The maximum absolute atomic E-state index is 11.4. The number of fused-ring (bicyclic) bond motifs is 3. The molecule has 0 radical (unpaired) electrons. The van der Waals surface area contributed by atoms with Gasteiger partial charge in [-0.05, 0) is 110 Å². The third kappa shape index (κ3) is 4.60. The first-order chi connectivity index (χ1) is 21.3. The van der Waals surface area contributed by atoms with Crippen molar-refractivity contribution in [2.24, 2.45) is 0 Å². The number of hydrogen-bond donors (Lipinski definition) is 3. The van der Waals surface area contributed by atoms with Crippen molar-refractivity contribution in [3.63, 3.8) is 0 Å². The Morgan fingerprint density at radius 1 is 0.750 bits per heavy atom. The van der Waals surface area contributed by atoms with Crippen molar-refractivity contribution in [2.45, 2.75) is 37.8 Å². The largest absolute Gasteiger partial charge is 0.504 e. The molecule has 8 heteroatoms. The van der Waals surface area contributed by atoms with Crippen LogP contribution < -0.4 is 14.2 Å². The van der Waals surface area contributed by atoms with Crippen molar-refractivity contribution in [1.82, 2.24) is 9.80 Å². The molecule has 0 bridgehead atoms. The van der Waals surface area contributed by atoms with Gasteiger partial charge in [-0.2, -0.15) is 0 Å².